The highest BCUT2D eigenvalue weighted by atomic mass is 16.6. The lowest BCUT2D eigenvalue weighted by atomic mass is 10.1. The van der Waals surface area contributed by atoms with Gasteiger partial charge in [-0.05, 0) is 12.1 Å². The third kappa shape index (κ3) is 3.09. The molecule has 0 heterocycles. The molecule has 0 aliphatic heterocycles. The number of nitro benzene ring substituents is 1. The van der Waals surface area contributed by atoms with E-state index in [1.165, 1.54) is 30.4 Å². The van der Waals surface area contributed by atoms with Crippen LogP contribution in [0, 0.1) is 10.1 Å². The Kier molecular flexibility index (Phi) is 3.60. The molecule has 0 aliphatic carbocycles. The van der Waals surface area contributed by atoms with Crippen molar-refractivity contribution in [3.8, 4) is 0 Å². The Morgan fingerprint density at radius 2 is 2.25 bits per heavy atom. The fourth-order valence-corrected chi connectivity index (χ4v) is 1.16. The third-order valence-electron chi connectivity index (χ3n) is 1.84. The van der Waals surface area contributed by atoms with Gasteiger partial charge in [0.1, 0.15) is 0 Å². The Bertz CT molecular complexity index is 454. The van der Waals surface area contributed by atoms with Gasteiger partial charge in [-0.15, -0.1) is 0 Å². The van der Waals surface area contributed by atoms with Crippen molar-refractivity contribution in [2.75, 3.05) is 5.73 Å². The maximum Gasteiger partial charge on any atom is 0.307 e. The molecule has 0 fully saturated rings. The van der Waals surface area contributed by atoms with Crippen molar-refractivity contribution in [2.45, 2.75) is 6.42 Å². The van der Waals surface area contributed by atoms with Crippen LogP contribution in [0.4, 0.5) is 11.4 Å². The maximum atomic E-state index is 10.6. The quantitative estimate of drug-likeness (QED) is 0.457. The van der Waals surface area contributed by atoms with Crippen LogP contribution in [0.3, 0.4) is 0 Å². The van der Waals surface area contributed by atoms with E-state index in [9.17, 15) is 14.9 Å². The van der Waals surface area contributed by atoms with Gasteiger partial charge in [-0.3, -0.25) is 14.9 Å². The SMILES string of the molecule is Nc1ccc([N+](=O)[O-])c(C=CCC(=O)O)c1. The number of nitrogens with zero attached hydrogens (tertiary/aromatic N) is 1. The summed E-state index contributed by atoms with van der Waals surface area (Å²) in [5, 5.41) is 19.1. The number of rotatable bonds is 4. The number of nitro groups is 1. The van der Waals surface area contributed by atoms with E-state index in [0.717, 1.165) is 0 Å². The molecule has 0 saturated heterocycles. The number of carbonyl (C=O) groups is 1. The van der Waals surface area contributed by atoms with Crippen LogP contribution in [-0.2, 0) is 4.79 Å². The molecule has 0 radical (unpaired) electrons. The van der Waals surface area contributed by atoms with Gasteiger partial charge in [0.05, 0.1) is 16.9 Å². The molecule has 0 bridgehead atoms. The standard InChI is InChI=1S/C10H10N2O4/c11-8-4-5-9(12(15)16)7(6-8)2-1-3-10(13)14/h1-2,4-6H,3,11H2,(H,13,14). The minimum Gasteiger partial charge on any atom is -0.481 e. The van der Waals surface area contributed by atoms with E-state index >= 15 is 0 Å². The molecule has 0 aromatic heterocycles. The lowest BCUT2D eigenvalue weighted by Gasteiger charge is -1.98. The number of benzene rings is 1. The molecule has 84 valence electrons. The Morgan fingerprint density at radius 1 is 1.56 bits per heavy atom. The van der Waals surface area contributed by atoms with Crippen molar-refractivity contribution < 1.29 is 14.8 Å². The summed E-state index contributed by atoms with van der Waals surface area (Å²) in [5.41, 5.74) is 6.07. The van der Waals surface area contributed by atoms with Crippen LogP contribution in [0.1, 0.15) is 12.0 Å². The summed E-state index contributed by atoms with van der Waals surface area (Å²) in [6.07, 6.45) is 2.53. The molecular weight excluding hydrogens is 212 g/mol. The molecule has 0 atom stereocenters. The number of anilines is 1. The summed E-state index contributed by atoms with van der Waals surface area (Å²) in [6.45, 7) is 0. The smallest absolute Gasteiger partial charge is 0.307 e. The molecule has 1 aromatic rings. The third-order valence-corrected chi connectivity index (χ3v) is 1.84. The van der Waals surface area contributed by atoms with Crippen LogP contribution >= 0.6 is 0 Å². The lowest BCUT2D eigenvalue weighted by Crippen LogP contribution is -1.94. The first-order chi connectivity index (χ1) is 7.50. The predicted octanol–water partition coefficient (Wildman–Crippen LogP) is 1.66. The largest absolute Gasteiger partial charge is 0.481 e. The molecule has 1 aromatic carbocycles. The van der Waals surface area contributed by atoms with E-state index < -0.39 is 10.9 Å². The topological polar surface area (TPSA) is 106 Å². The number of nitrogen functional groups attached to an aromatic ring is 1. The molecule has 6 nitrogen and oxygen atoms in total. The number of nitrogens with two attached hydrogens (primary N) is 1. The zero-order valence-corrected chi connectivity index (χ0v) is 8.29. The zero-order valence-electron chi connectivity index (χ0n) is 8.29. The minimum atomic E-state index is -0.997. The van der Waals surface area contributed by atoms with Gasteiger partial charge in [-0.25, -0.2) is 0 Å². The van der Waals surface area contributed by atoms with Crippen molar-refractivity contribution in [3.05, 3.63) is 40.0 Å². The highest BCUT2D eigenvalue weighted by molar-refractivity contribution is 5.72. The minimum absolute atomic E-state index is 0.101. The van der Waals surface area contributed by atoms with Gasteiger partial charge in [0.15, 0.2) is 0 Å². The van der Waals surface area contributed by atoms with E-state index in [4.69, 9.17) is 10.8 Å². The molecular formula is C10H10N2O4. The Balaban J connectivity index is 3.01. The number of carboxylic acid groups (broad SMARTS) is 1. The first kappa shape index (κ1) is 11.7. The van der Waals surface area contributed by atoms with Gasteiger partial charge in [-0.1, -0.05) is 12.2 Å². The van der Waals surface area contributed by atoms with Crippen LogP contribution in [0.2, 0.25) is 0 Å². The normalized spacial score (nSPS) is 10.5. The lowest BCUT2D eigenvalue weighted by molar-refractivity contribution is -0.385. The second kappa shape index (κ2) is 4.92. The molecule has 0 aliphatic rings. The van der Waals surface area contributed by atoms with Crippen molar-refractivity contribution >= 4 is 23.4 Å². The van der Waals surface area contributed by atoms with Crippen LogP contribution in [0.15, 0.2) is 24.3 Å². The second-order valence-corrected chi connectivity index (χ2v) is 3.08. The molecule has 3 N–H and O–H groups in total. The monoisotopic (exact) mass is 222 g/mol. The van der Waals surface area contributed by atoms with Gasteiger partial charge < -0.3 is 10.8 Å². The van der Waals surface area contributed by atoms with Gasteiger partial charge >= 0.3 is 5.97 Å². The van der Waals surface area contributed by atoms with Gasteiger partial charge in [0, 0.05) is 11.8 Å². The summed E-state index contributed by atoms with van der Waals surface area (Å²) in [7, 11) is 0. The molecule has 0 unspecified atom stereocenters. The summed E-state index contributed by atoms with van der Waals surface area (Å²) in [5.74, 6) is -0.997. The van der Waals surface area contributed by atoms with E-state index in [1.54, 1.807) is 0 Å². The fourth-order valence-electron chi connectivity index (χ4n) is 1.16. The molecule has 6 heteroatoms. The van der Waals surface area contributed by atoms with Crippen LogP contribution < -0.4 is 5.73 Å². The Labute approximate surface area is 91.2 Å². The van der Waals surface area contributed by atoms with E-state index in [2.05, 4.69) is 0 Å². The van der Waals surface area contributed by atoms with Crippen LogP contribution in [-0.4, -0.2) is 16.0 Å². The van der Waals surface area contributed by atoms with Crippen molar-refractivity contribution in [3.63, 3.8) is 0 Å². The zero-order chi connectivity index (χ0) is 12.1. The number of hydrogen-bond acceptors (Lipinski definition) is 4. The van der Waals surface area contributed by atoms with Gasteiger partial charge in [0.2, 0.25) is 0 Å². The second-order valence-electron chi connectivity index (χ2n) is 3.08. The number of carboxylic acids is 1. The first-order valence-electron chi connectivity index (χ1n) is 4.43. The Hall–Kier alpha value is -2.37. The summed E-state index contributed by atoms with van der Waals surface area (Å²) >= 11 is 0. The molecule has 16 heavy (non-hydrogen) atoms. The molecule has 0 amide bonds. The summed E-state index contributed by atoms with van der Waals surface area (Å²) in [6, 6.07) is 4.14. The molecule has 0 spiro atoms. The summed E-state index contributed by atoms with van der Waals surface area (Å²) < 4.78 is 0. The number of hydrogen-bond donors (Lipinski definition) is 2. The van der Waals surface area contributed by atoms with E-state index in [-0.39, 0.29) is 12.1 Å². The maximum absolute atomic E-state index is 10.6. The first-order valence-corrected chi connectivity index (χ1v) is 4.43. The van der Waals surface area contributed by atoms with Crippen molar-refractivity contribution in [2.24, 2.45) is 0 Å². The average Bonchev–Trinajstić information content (AvgIpc) is 2.16. The Morgan fingerprint density at radius 3 is 2.81 bits per heavy atom. The summed E-state index contributed by atoms with van der Waals surface area (Å²) in [4.78, 5) is 20.4. The predicted molar refractivity (Wildman–Crippen MR) is 58.8 cm³/mol. The highest BCUT2D eigenvalue weighted by Crippen LogP contribution is 2.22. The van der Waals surface area contributed by atoms with Crippen molar-refractivity contribution in [1.82, 2.24) is 0 Å². The number of aliphatic carboxylic acids is 1. The van der Waals surface area contributed by atoms with E-state index in [0.29, 0.717) is 11.3 Å². The van der Waals surface area contributed by atoms with Gasteiger partial charge in [-0.2, -0.15) is 0 Å². The van der Waals surface area contributed by atoms with Crippen LogP contribution in [0.25, 0.3) is 6.08 Å². The molecule has 1 rings (SSSR count). The van der Waals surface area contributed by atoms with Crippen LogP contribution in [0.5, 0.6) is 0 Å². The fraction of sp³-hybridized carbons (Fsp3) is 0.100. The molecule has 0 saturated carbocycles. The van der Waals surface area contributed by atoms with Crippen molar-refractivity contribution in [1.29, 1.82) is 0 Å². The highest BCUT2D eigenvalue weighted by Gasteiger charge is 2.10. The van der Waals surface area contributed by atoms with E-state index in [1.807, 2.05) is 0 Å². The van der Waals surface area contributed by atoms with Gasteiger partial charge in [0.25, 0.3) is 5.69 Å². The average molecular weight is 222 g/mol.